The molecule has 0 bridgehead atoms. The van der Waals surface area contributed by atoms with Crippen LogP contribution in [0.5, 0.6) is 0 Å². The van der Waals surface area contributed by atoms with Gasteiger partial charge in [-0.2, -0.15) is 4.31 Å². The van der Waals surface area contributed by atoms with Crippen molar-refractivity contribution in [3.8, 4) is 0 Å². The molecule has 2 aliphatic rings. The molecule has 9 heteroatoms. The number of sulfonamides is 1. The summed E-state index contributed by atoms with van der Waals surface area (Å²) < 4.78 is 41.8. The van der Waals surface area contributed by atoms with Crippen LogP contribution in [0.4, 0.5) is 9.18 Å². The van der Waals surface area contributed by atoms with Crippen LogP contribution in [-0.4, -0.2) is 59.6 Å². The SMILES string of the molecule is CCCCN1C(=O)N2[C@@H](c3ccccc3)CN(S(=O)(=O)c3cccc(F)c3)C[C@]2(C)C1=O. The van der Waals surface area contributed by atoms with Gasteiger partial charge in [0.15, 0.2) is 0 Å². The summed E-state index contributed by atoms with van der Waals surface area (Å²) in [4.78, 5) is 29.3. The monoisotopic (exact) mass is 459 g/mol. The molecule has 2 atom stereocenters. The molecule has 0 spiro atoms. The first kappa shape index (κ1) is 22.4. The Bertz CT molecular complexity index is 1140. The Labute approximate surface area is 187 Å². The normalized spacial score (nSPS) is 24.2. The molecule has 2 fully saturated rings. The van der Waals surface area contributed by atoms with Gasteiger partial charge in [-0.05, 0) is 37.1 Å². The molecule has 170 valence electrons. The van der Waals surface area contributed by atoms with Crippen molar-refractivity contribution >= 4 is 22.0 Å². The fraction of sp³-hybridized carbons (Fsp3) is 0.391. The lowest BCUT2D eigenvalue weighted by molar-refractivity contribution is -0.135. The maximum atomic E-state index is 13.8. The van der Waals surface area contributed by atoms with Gasteiger partial charge in [0.25, 0.3) is 5.91 Å². The number of piperazine rings is 1. The van der Waals surface area contributed by atoms with E-state index in [2.05, 4.69) is 0 Å². The number of hydrogen-bond donors (Lipinski definition) is 0. The lowest BCUT2D eigenvalue weighted by Gasteiger charge is -2.46. The Morgan fingerprint density at radius 3 is 2.47 bits per heavy atom. The summed E-state index contributed by atoms with van der Waals surface area (Å²) in [6.07, 6.45) is 1.48. The number of unbranched alkanes of at least 4 members (excludes halogenated alkanes) is 1. The standard InChI is InChI=1S/C23H26FN3O4S/c1-3-4-13-26-21(28)23(2)16-25(32(30,31)19-12-8-11-18(24)14-19)15-20(27(23)22(26)29)17-9-6-5-7-10-17/h5-12,14,20H,3-4,13,15-16H2,1-2H3/t20-,23-/m1/s1. The van der Waals surface area contributed by atoms with Gasteiger partial charge < -0.3 is 4.90 Å². The number of nitrogens with zero attached hydrogens (tertiary/aromatic N) is 3. The molecular formula is C23H26FN3O4S. The summed E-state index contributed by atoms with van der Waals surface area (Å²) in [6, 6.07) is 12.8. The van der Waals surface area contributed by atoms with E-state index in [1.807, 2.05) is 37.3 Å². The molecule has 2 aromatic rings. The van der Waals surface area contributed by atoms with Gasteiger partial charge in [0, 0.05) is 19.6 Å². The van der Waals surface area contributed by atoms with Crippen LogP contribution < -0.4 is 0 Å². The highest BCUT2D eigenvalue weighted by molar-refractivity contribution is 7.89. The van der Waals surface area contributed by atoms with Crippen molar-refractivity contribution in [3.05, 3.63) is 66.0 Å². The molecule has 0 aromatic heterocycles. The molecule has 0 aliphatic carbocycles. The minimum Gasteiger partial charge on any atom is -0.300 e. The predicted molar refractivity (Wildman–Crippen MR) is 117 cm³/mol. The fourth-order valence-electron chi connectivity index (χ4n) is 4.53. The van der Waals surface area contributed by atoms with Crippen molar-refractivity contribution in [2.45, 2.75) is 43.2 Å². The van der Waals surface area contributed by atoms with Crippen LogP contribution >= 0.6 is 0 Å². The highest BCUT2D eigenvalue weighted by Crippen LogP contribution is 2.42. The van der Waals surface area contributed by atoms with Gasteiger partial charge in [-0.1, -0.05) is 49.7 Å². The molecule has 3 amide bonds. The quantitative estimate of drug-likeness (QED) is 0.621. The lowest BCUT2D eigenvalue weighted by Crippen LogP contribution is -2.63. The molecule has 7 nitrogen and oxygen atoms in total. The second kappa shape index (κ2) is 8.29. The Kier molecular flexibility index (Phi) is 5.81. The zero-order chi connectivity index (χ0) is 23.1. The van der Waals surface area contributed by atoms with Crippen LogP contribution in [0.15, 0.2) is 59.5 Å². The van der Waals surface area contributed by atoms with Gasteiger partial charge in [0.2, 0.25) is 10.0 Å². The minimum atomic E-state index is -4.09. The van der Waals surface area contributed by atoms with E-state index in [0.29, 0.717) is 13.0 Å². The van der Waals surface area contributed by atoms with E-state index >= 15 is 0 Å². The molecule has 2 aliphatic heterocycles. The van der Waals surface area contributed by atoms with E-state index in [1.165, 1.54) is 32.3 Å². The zero-order valence-electron chi connectivity index (χ0n) is 18.1. The van der Waals surface area contributed by atoms with Crippen molar-refractivity contribution in [2.24, 2.45) is 0 Å². The van der Waals surface area contributed by atoms with Crippen molar-refractivity contribution in [2.75, 3.05) is 19.6 Å². The van der Waals surface area contributed by atoms with Crippen LogP contribution in [0.1, 0.15) is 38.3 Å². The van der Waals surface area contributed by atoms with Crippen LogP contribution in [0.25, 0.3) is 0 Å². The Hall–Kier alpha value is -2.78. The molecule has 32 heavy (non-hydrogen) atoms. The largest absolute Gasteiger partial charge is 0.328 e. The molecule has 0 radical (unpaired) electrons. The van der Waals surface area contributed by atoms with Gasteiger partial charge in [0.1, 0.15) is 11.4 Å². The Balaban J connectivity index is 1.80. The second-order valence-corrected chi connectivity index (χ2v) is 10.4. The van der Waals surface area contributed by atoms with Crippen molar-refractivity contribution < 1.29 is 22.4 Å². The number of amides is 3. The topological polar surface area (TPSA) is 78.0 Å². The van der Waals surface area contributed by atoms with E-state index in [4.69, 9.17) is 0 Å². The van der Waals surface area contributed by atoms with E-state index in [0.717, 1.165) is 18.1 Å². The summed E-state index contributed by atoms with van der Waals surface area (Å²) in [5.41, 5.74) is -0.624. The van der Waals surface area contributed by atoms with Gasteiger partial charge in [-0.3, -0.25) is 9.69 Å². The number of carbonyl (C=O) groups excluding carboxylic acids is 2. The van der Waals surface area contributed by atoms with Crippen molar-refractivity contribution in [3.63, 3.8) is 0 Å². The van der Waals surface area contributed by atoms with Gasteiger partial charge in [0.05, 0.1) is 10.9 Å². The number of urea groups is 1. The third kappa shape index (κ3) is 3.59. The fourth-order valence-corrected chi connectivity index (χ4v) is 6.10. The van der Waals surface area contributed by atoms with Crippen LogP contribution in [0.2, 0.25) is 0 Å². The smallest absolute Gasteiger partial charge is 0.300 e. The molecule has 2 heterocycles. The first-order valence-electron chi connectivity index (χ1n) is 10.7. The number of fused-ring (bicyclic) bond motifs is 1. The second-order valence-electron chi connectivity index (χ2n) is 8.42. The molecule has 4 rings (SSSR count). The van der Waals surface area contributed by atoms with Crippen LogP contribution in [0.3, 0.4) is 0 Å². The lowest BCUT2D eigenvalue weighted by atomic mass is 9.92. The number of rotatable bonds is 6. The molecule has 2 aromatic carbocycles. The Morgan fingerprint density at radius 2 is 1.81 bits per heavy atom. The third-order valence-electron chi connectivity index (χ3n) is 6.20. The number of halogens is 1. The van der Waals surface area contributed by atoms with E-state index in [1.54, 1.807) is 6.92 Å². The third-order valence-corrected chi connectivity index (χ3v) is 8.01. The van der Waals surface area contributed by atoms with Crippen molar-refractivity contribution in [1.82, 2.24) is 14.1 Å². The first-order chi connectivity index (χ1) is 15.2. The average molecular weight is 460 g/mol. The van der Waals surface area contributed by atoms with E-state index in [-0.39, 0.29) is 18.0 Å². The predicted octanol–water partition coefficient (Wildman–Crippen LogP) is 3.39. The maximum Gasteiger partial charge on any atom is 0.328 e. The molecule has 0 saturated carbocycles. The number of carbonyl (C=O) groups is 2. The zero-order valence-corrected chi connectivity index (χ0v) is 18.9. The summed E-state index contributed by atoms with van der Waals surface area (Å²) >= 11 is 0. The molecule has 0 N–H and O–H groups in total. The van der Waals surface area contributed by atoms with E-state index < -0.39 is 39.4 Å². The maximum absolute atomic E-state index is 13.8. The number of benzene rings is 2. The summed E-state index contributed by atoms with van der Waals surface area (Å²) in [7, 11) is -4.09. The van der Waals surface area contributed by atoms with Crippen LogP contribution in [-0.2, 0) is 14.8 Å². The minimum absolute atomic E-state index is 0.0287. The summed E-state index contributed by atoms with van der Waals surface area (Å²) in [6.45, 7) is 3.66. The van der Waals surface area contributed by atoms with Crippen molar-refractivity contribution in [1.29, 1.82) is 0 Å². The Morgan fingerprint density at radius 1 is 1.09 bits per heavy atom. The van der Waals surface area contributed by atoms with Gasteiger partial charge >= 0.3 is 6.03 Å². The van der Waals surface area contributed by atoms with Crippen LogP contribution in [0, 0.1) is 5.82 Å². The first-order valence-corrected chi connectivity index (χ1v) is 12.1. The summed E-state index contributed by atoms with van der Waals surface area (Å²) in [5, 5.41) is 0. The highest BCUT2D eigenvalue weighted by Gasteiger charge is 2.61. The number of imide groups is 1. The summed E-state index contributed by atoms with van der Waals surface area (Å²) in [5.74, 6) is -1.07. The molecular weight excluding hydrogens is 433 g/mol. The average Bonchev–Trinajstić information content (AvgIpc) is 2.97. The number of hydrogen-bond acceptors (Lipinski definition) is 4. The molecule has 0 unspecified atom stereocenters. The molecule has 2 saturated heterocycles. The van der Waals surface area contributed by atoms with Gasteiger partial charge in [-0.25, -0.2) is 17.6 Å². The highest BCUT2D eigenvalue weighted by atomic mass is 32.2. The van der Waals surface area contributed by atoms with E-state index in [9.17, 15) is 22.4 Å². The van der Waals surface area contributed by atoms with Gasteiger partial charge in [-0.15, -0.1) is 0 Å².